The summed E-state index contributed by atoms with van der Waals surface area (Å²) >= 11 is 3.09. The number of hydrogen-bond acceptors (Lipinski definition) is 8. The van der Waals surface area contributed by atoms with Crippen LogP contribution < -0.4 is 5.32 Å². The first-order valence-electron chi connectivity index (χ1n) is 11.6. The molecule has 36 heavy (non-hydrogen) atoms. The Morgan fingerprint density at radius 2 is 1.56 bits per heavy atom. The van der Waals surface area contributed by atoms with Crippen LogP contribution in [0.2, 0.25) is 0 Å². The number of esters is 1. The van der Waals surface area contributed by atoms with Crippen LogP contribution in [0.15, 0.2) is 71.0 Å². The molecule has 1 atom stereocenters. The first kappa shape index (κ1) is 27.8. The van der Waals surface area contributed by atoms with Gasteiger partial charge in [-0.15, -0.1) is 23.5 Å². The molecule has 1 unspecified atom stereocenters. The first-order chi connectivity index (χ1) is 17.3. The van der Waals surface area contributed by atoms with Gasteiger partial charge >= 0.3 is 12.1 Å². The van der Waals surface area contributed by atoms with Crippen molar-refractivity contribution in [2.45, 2.75) is 53.2 Å². The molecule has 1 aliphatic rings. The molecule has 9 heteroatoms. The van der Waals surface area contributed by atoms with Crippen molar-refractivity contribution in [1.82, 2.24) is 5.32 Å². The Hall–Kier alpha value is -2.75. The van der Waals surface area contributed by atoms with E-state index in [9.17, 15) is 19.5 Å². The lowest BCUT2D eigenvalue weighted by atomic mass is 9.86. The van der Waals surface area contributed by atoms with Crippen LogP contribution in [0.4, 0.5) is 4.79 Å². The largest absolute Gasteiger partial charge is 0.459 e. The van der Waals surface area contributed by atoms with Crippen molar-refractivity contribution >= 4 is 41.4 Å². The molecule has 0 radical (unpaired) electrons. The quantitative estimate of drug-likeness (QED) is 0.193. The number of benzene rings is 2. The van der Waals surface area contributed by atoms with Gasteiger partial charge in [-0.05, 0) is 68.0 Å². The third kappa shape index (κ3) is 7.15. The molecule has 1 fully saturated rings. The van der Waals surface area contributed by atoms with Crippen molar-refractivity contribution in [1.29, 1.82) is 0 Å². The monoisotopic (exact) mass is 529 g/mol. The van der Waals surface area contributed by atoms with Crippen molar-refractivity contribution < 1.29 is 29.0 Å². The van der Waals surface area contributed by atoms with Crippen LogP contribution in [0.25, 0.3) is 0 Å². The van der Waals surface area contributed by atoms with Gasteiger partial charge in [0.15, 0.2) is 5.60 Å². The number of alkyl carbamates (subject to hydrolysis) is 1. The molecule has 0 saturated heterocycles. The van der Waals surface area contributed by atoms with E-state index in [-0.39, 0.29) is 12.1 Å². The number of aliphatic hydroxyl groups is 1. The van der Waals surface area contributed by atoms with Gasteiger partial charge in [-0.2, -0.15) is 0 Å². The minimum absolute atomic E-state index is 0.153. The molecule has 1 amide bonds. The second-order valence-electron chi connectivity index (χ2n) is 8.48. The van der Waals surface area contributed by atoms with Gasteiger partial charge in [-0.25, -0.2) is 9.59 Å². The summed E-state index contributed by atoms with van der Waals surface area (Å²) < 4.78 is 10.6. The fourth-order valence-electron chi connectivity index (χ4n) is 4.04. The second-order valence-corrected chi connectivity index (χ2v) is 10.2. The average Bonchev–Trinajstić information content (AvgIpc) is 2.92. The molecule has 0 bridgehead atoms. The zero-order valence-electron chi connectivity index (χ0n) is 20.4. The summed E-state index contributed by atoms with van der Waals surface area (Å²) in [5, 5.41) is 14.4. The Bertz CT molecular complexity index is 1060. The lowest BCUT2D eigenvalue weighted by Crippen LogP contribution is -2.44. The summed E-state index contributed by atoms with van der Waals surface area (Å²) in [7, 11) is 0. The summed E-state index contributed by atoms with van der Waals surface area (Å²) in [4.78, 5) is 39.4. The van der Waals surface area contributed by atoms with Gasteiger partial charge in [-0.1, -0.05) is 30.8 Å². The van der Waals surface area contributed by atoms with Crippen molar-refractivity contribution in [2.75, 3.05) is 19.1 Å². The van der Waals surface area contributed by atoms with Crippen molar-refractivity contribution in [3.63, 3.8) is 0 Å². The number of rotatable bonds is 10. The fraction of sp³-hybridized carbons (Fsp3) is 0.370. The Labute approximate surface area is 220 Å². The minimum Gasteiger partial charge on any atom is -0.459 e. The number of carbonyl (C=O) groups is 3. The molecule has 192 valence electrons. The highest BCUT2D eigenvalue weighted by atomic mass is 32.2. The lowest BCUT2D eigenvalue weighted by molar-refractivity contribution is -0.144. The van der Waals surface area contributed by atoms with Crippen LogP contribution in [-0.4, -0.2) is 54.2 Å². The van der Waals surface area contributed by atoms with Gasteiger partial charge < -0.3 is 19.9 Å². The SMILES string of the molecule is C=CC(=O)OC1CCC(NC(=O)OCC(O)(C(=O)c2ccc(SC)cc2)c2ccc(SC)cc2)CC1. The van der Waals surface area contributed by atoms with E-state index in [1.807, 2.05) is 36.8 Å². The summed E-state index contributed by atoms with van der Waals surface area (Å²) in [6.07, 6.45) is 6.55. The predicted octanol–water partition coefficient (Wildman–Crippen LogP) is 4.97. The van der Waals surface area contributed by atoms with Gasteiger partial charge in [0.2, 0.25) is 5.78 Å². The van der Waals surface area contributed by atoms with Crippen molar-refractivity contribution in [3.05, 3.63) is 72.3 Å². The minimum atomic E-state index is -2.05. The molecule has 0 aromatic heterocycles. The Kier molecular flexibility index (Phi) is 10.0. The lowest BCUT2D eigenvalue weighted by Gasteiger charge is -2.30. The number of ether oxygens (including phenoxy) is 2. The van der Waals surface area contributed by atoms with Crippen LogP contribution in [0.5, 0.6) is 0 Å². The van der Waals surface area contributed by atoms with Crippen molar-refractivity contribution in [2.24, 2.45) is 0 Å². The third-order valence-corrected chi connectivity index (χ3v) is 7.64. The maximum atomic E-state index is 13.5. The molecule has 1 saturated carbocycles. The third-order valence-electron chi connectivity index (χ3n) is 6.15. The smallest absolute Gasteiger partial charge is 0.407 e. The van der Waals surface area contributed by atoms with Gasteiger partial charge in [0.25, 0.3) is 0 Å². The first-order valence-corrected chi connectivity index (χ1v) is 14.1. The number of ketones is 1. The standard InChI is InChI=1S/C27H31NO6S2/c1-4-24(29)34-21-11-9-20(10-12-21)28-26(31)33-17-27(32,19-7-15-23(36-3)16-8-19)25(30)18-5-13-22(35-2)14-6-18/h4-8,13-16,20-21,32H,1,9-12,17H2,2-3H3,(H,28,31). The topological polar surface area (TPSA) is 102 Å². The van der Waals surface area contributed by atoms with E-state index in [2.05, 4.69) is 11.9 Å². The second kappa shape index (κ2) is 13.0. The number of carbonyl (C=O) groups excluding carboxylic acids is 3. The van der Waals surface area contributed by atoms with E-state index in [0.717, 1.165) is 15.9 Å². The predicted molar refractivity (Wildman–Crippen MR) is 141 cm³/mol. The molecule has 1 aliphatic carbocycles. The fourth-order valence-corrected chi connectivity index (χ4v) is 4.86. The number of Topliss-reactive ketones (excluding diaryl/α,β-unsaturated/α-hetero) is 1. The number of thioether (sulfide) groups is 2. The number of nitrogens with one attached hydrogen (secondary N) is 1. The highest BCUT2D eigenvalue weighted by molar-refractivity contribution is 7.98. The van der Waals surface area contributed by atoms with Gasteiger partial charge in [-0.3, -0.25) is 4.79 Å². The van der Waals surface area contributed by atoms with Crippen LogP contribution in [0.1, 0.15) is 41.6 Å². The maximum absolute atomic E-state index is 13.5. The maximum Gasteiger partial charge on any atom is 0.407 e. The number of amides is 1. The van der Waals surface area contributed by atoms with E-state index in [1.165, 1.54) is 0 Å². The van der Waals surface area contributed by atoms with Crippen molar-refractivity contribution in [3.8, 4) is 0 Å². The van der Waals surface area contributed by atoms with Crippen LogP contribution >= 0.6 is 23.5 Å². The summed E-state index contributed by atoms with van der Waals surface area (Å²) in [6, 6.07) is 13.8. The highest BCUT2D eigenvalue weighted by Crippen LogP contribution is 2.30. The van der Waals surface area contributed by atoms with E-state index in [4.69, 9.17) is 9.47 Å². The molecule has 2 N–H and O–H groups in total. The van der Waals surface area contributed by atoms with Gasteiger partial charge in [0.05, 0.1) is 0 Å². The molecule has 0 heterocycles. The highest BCUT2D eigenvalue weighted by Gasteiger charge is 2.40. The Morgan fingerprint density at radius 3 is 2.08 bits per heavy atom. The molecule has 0 aliphatic heterocycles. The van der Waals surface area contributed by atoms with Gasteiger partial charge in [0, 0.05) is 27.5 Å². The van der Waals surface area contributed by atoms with E-state index in [0.29, 0.717) is 36.8 Å². The van der Waals surface area contributed by atoms with Gasteiger partial charge in [0.1, 0.15) is 12.7 Å². The molecule has 0 spiro atoms. The molecular weight excluding hydrogens is 498 g/mol. The van der Waals surface area contributed by atoms with E-state index < -0.39 is 30.1 Å². The molecular formula is C27H31NO6S2. The Balaban J connectivity index is 1.68. The summed E-state index contributed by atoms with van der Waals surface area (Å²) in [6.45, 7) is 2.86. The molecule has 3 rings (SSSR count). The normalized spacial score (nSPS) is 19.0. The molecule has 2 aromatic rings. The Morgan fingerprint density at radius 1 is 1.00 bits per heavy atom. The molecule has 7 nitrogen and oxygen atoms in total. The summed E-state index contributed by atoms with van der Waals surface area (Å²) in [5.74, 6) is -1.01. The number of hydrogen-bond donors (Lipinski definition) is 2. The zero-order chi connectivity index (χ0) is 26.1. The van der Waals surface area contributed by atoms with Crippen LogP contribution in [0, 0.1) is 0 Å². The van der Waals surface area contributed by atoms with E-state index >= 15 is 0 Å². The molecule has 2 aromatic carbocycles. The van der Waals surface area contributed by atoms with Crippen LogP contribution in [-0.2, 0) is 19.9 Å². The average molecular weight is 530 g/mol. The van der Waals surface area contributed by atoms with E-state index in [1.54, 1.807) is 47.8 Å². The zero-order valence-corrected chi connectivity index (χ0v) is 22.0. The summed E-state index contributed by atoms with van der Waals surface area (Å²) in [5.41, 5.74) is -1.39. The van der Waals surface area contributed by atoms with Crippen LogP contribution in [0.3, 0.4) is 0 Å².